The van der Waals surface area contributed by atoms with E-state index in [9.17, 15) is 9.90 Å². The van der Waals surface area contributed by atoms with Crippen molar-refractivity contribution in [2.24, 2.45) is 0 Å². The SMILES string of the molecule is CCCCCc1nc(Nc2ccc(N3CC4CCC(C3)N4)cn2)nc2[nH]c(C(=O)O)cc12.CNC. The third-order valence-electron chi connectivity index (χ3n) is 6.38. The fourth-order valence-electron chi connectivity index (χ4n) is 4.74. The van der Waals surface area contributed by atoms with Gasteiger partial charge in [0.25, 0.3) is 0 Å². The molecule has 2 atom stereocenters. The second-order valence-electron chi connectivity index (χ2n) is 9.27. The lowest BCUT2D eigenvalue weighted by atomic mass is 10.1. The highest BCUT2D eigenvalue weighted by molar-refractivity contribution is 5.93. The van der Waals surface area contributed by atoms with Crippen molar-refractivity contribution in [1.29, 1.82) is 0 Å². The lowest BCUT2D eigenvalue weighted by molar-refractivity contribution is 0.0691. The van der Waals surface area contributed by atoms with E-state index in [0.29, 0.717) is 29.5 Å². The van der Waals surface area contributed by atoms with E-state index in [1.807, 2.05) is 26.4 Å². The summed E-state index contributed by atoms with van der Waals surface area (Å²) in [6, 6.07) is 6.80. The number of rotatable bonds is 8. The van der Waals surface area contributed by atoms with Crippen molar-refractivity contribution in [3.05, 3.63) is 35.8 Å². The molecule has 5 rings (SSSR count). The van der Waals surface area contributed by atoms with Gasteiger partial charge in [0.2, 0.25) is 5.95 Å². The van der Waals surface area contributed by atoms with Crippen LogP contribution in [0.25, 0.3) is 11.0 Å². The number of unbranched alkanes of at least 4 members (excludes halogenated alkanes) is 2. The first-order valence-corrected chi connectivity index (χ1v) is 12.5. The van der Waals surface area contributed by atoms with Gasteiger partial charge in [0, 0.05) is 30.6 Å². The number of hydrogen-bond acceptors (Lipinski definition) is 8. The van der Waals surface area contributed by atoms with E-state index in [-0.39, 0.29) is 5.69 Å². The van der Waals surface area contributed by atoms with Gasteiger partial charge in [0.1, 0.15) is 17.2 Å². The summed E-state index contributed by atoms with van der Waals surface area (Å²) in [6.07, 6.45) is 8.36. The van der Waals surface area contributed by atoms with Gasteiger partial charge in [-0.15, -0.1) is 0 Å². The van der Waals surface area contributed by atoms with Gasteiger partial charge >= 0.3 is 5.97 Å². The Bertz CT molecular complexity index is 1120. The van der Waals surface area contributed by atoms with Crippen LogP contribution in [0.1, 0.15) is 55.2 Å². The minimum Gasteiger partial charge on any atom is -0.477 e. The Morgan fingerprint density at radius 3 is 2.54 bits per heavy atom. The zero-order valence-corrected chi connectivity index (χ0v) is 20.8. The van der Waals surface area contributed by atoms with Gasteiger partial charge in [0.05, 0.1) is 17.6 Å². The molecule has 2 fully saturated rings. The van der Waals surface area contributed by atoms with Gasteiger partial charge in [-0.2, -0.15) is 4.98 Å². The Hall–Kier alpha value is -3.24. The normalized spacial score (nSPS) is 18.9. The number of aryl methyl sites for hydroxylation is 1. The molecule has 5 heterocycles. The summed E-state index contributed by atoms with van der Waals surface area (Å²) in [5.41, 5.74) is 2.62. The number of anilines is 3. The molecule has 0 aliphatic carbocycles. The van der Waals surface area contributed by atoms with Crippen molar-refractivity contribution in [1.82, 2.24) is 30.6 Å². The molecule has 3 aromatic heterocycles. The number of carboxylic acid groups (broad SMARTS) is 1. The van der Waals surface area contributed by atoms with Crippen LogP contribution in [0.2, 0.25) is 0 Å². The number of piperazine rings is 1. The van der Waals surface area contributed by atoms with Crippen LogP contribution in [0.15, 0.2) is 24.4 Å². The summed E-state index contributed by atoms with van der Waals surface area (Å²) in [7, 11) is 3.75. The van der Waals surface area contributed by atoms with Crippen LogP contribution >= 0.6 is 0 Å². The monoisotopic (exact) mass is 480 g/mol. The van der Waals surface area contributed by atoms with Crippen molar-refractivity contribution in [3.63, 3.8) is 0 Å². The first kappa shape index (κ1) is 24.9. The third-order valence-corrected chi connectivity index (χ3v) is 6.38. The number of aromatic carboxylic acids is 1. The largest absolute Gasteiger partial charge is 0.477 e. The number of H-pyrrole nitrogens is 1. The number of nitrogens with one attached hydrogen (secondary N) is 4. The second-order valence-corrected chi connectivity index (χ2v) is 9.27. The molecule has 2 bridgehead atoms. The van der Waals surface area contributed by atoms with Crippen LogP contribution in [0.4, 0.5) is 17.5 Å². The highest BCUT2D eigenvalue weighted by Crippen LogP contribution is 2.26. The molecule has 2 aliphatic rings. The van der Waals surface area contributed by atoms with Crippen LogP contribution in [0.3, 0.4) is 0 Å². The third kappa shape index (κ3) is 6.07. The highest BCUT2D eigenvalue weighted by atomic mass is 16.4. The van der Waals surface area contributed by atoms with Gasteiger partial charge in [-0.1, -0.05) is 19.8 Å². The van der Waals surface area contributed by atoms with Crippen molar-refractivity contribution in [2.75, 3.05) is 37.4 Å². The summed E-state index contributed by atoms with van der Waals surface area (Å²) in [4.78, 5) is 30.5. The van der Waals surface area contributed by atoms with Gasteiger partial charge < -0.3 is 30.9 Å². The molecule has 3 aromatic rings. The molecular weight excluding hydrogens is 444 g/mol. The van der Waals surface area contributed by atoms with Gasteiger partial charge in [-0.3, -0.25) is 0 Å². The first-order valence-electron chi connectivity index (χ1n) is 12.5. The standard InChI is InChI=1S/C23H29N7O2.C2H7N/c1-2-3-4-5-18-17-10-19(22(31)32)26-21(17)29-23(27-18)28-20-9-8-16(11-24-20)30-12-14-6-7-15(13-30)25-14;1-3-2/h8-11,14-15,25H,2-7,12-13H2,1H3,(H,31,32)(H2,24,26,27,28,29);3H,1-2H3. The zero-order valence-electron chi connectivity index (χ0n) is 20.8. The van der Waals surface area contributed by atoms with Gasteiger partial charge in [0.15, 0.2) is 0 Å². The lowest BCUT2D eigenvalue weighted by Crippen LogP contribution is -2.51. The van der Waals surface area contributed by atoms with E-state index < -0.39 is 5.97 Å². The fourth-order valence-corrected chi connectivity index (χ4v) is 4.74. The number of carboxylic acids is 1. The Kier molecular flexibility index (Phi) is 8.14. The predicted octanol–water partition coefficient (Wildman–Crippen LogP) is 3.30. The molecule has 0 aromatic carbocycles. The van der Waals surface area contributed by atoms with E-state index in [4.69, 9.17) is 0 Å². The molecule has 2 saturated heterocycles. The second kappa shape index (κ2) is 11.5. The van der Waals surface area contributed by atoms with Crippen LogP contribution < -0.4 is 20.9 Å². The van der Waals surface area contributed by atoms with E-state index in [1.54, 1.807) is 6.07 Å². The minimum atomic E-state index is -1.00. The smallest absolute Gasteiger partial charge is 0.352 e. The number of fused-ring (bicyclic) bond motifs is 3. The fraction of sp³-hybridized carbons (Fsp3) is 0.520. The number of aromatic nitrogens is 4. The average Bonchev–Trinajstić information content (AvgIpc) is 3.43. The number of pyridine rings is 1. The van der Waals surface area contributed by atoms with E-state index in [1.165, 1.54) is 12.8 Å². The minimum absolute atomic E-state index is 0.121. The maximum Gasteiger partial charge on any atom is 0.352 e. The van der Waals surface area contributed by atoms with E-state index in [2.05, 4.69) is 53.8 Å². The molecule has 2 aliphatic heterocycles. The number of hydrogen-bond donors (Lipinski definition) is 5. The Morgan fingerprint density at radius 2 is 1.91 bits per heavy atom. The van der Waals surface area contributed by atoms with Crippen LogP contribution in [-0.2, 0) is 6.42 Å². The number of aromatic amines is 1. The van der Waals surface area contributed by atoms with Gasteiger partial charge in [-0.25, -0.2) is 14.8 Å². The summed E-state index contributed by atoms with van der Waals surface area (Å²) in [5.74, 6) is 0.0783. The van der Waals surface area contributed by atoms with Crippen molar-refractivity contribution in [2.45, 2.75) is 57.5 Å². The highest BCUT2D eigenvalue weighted by Gasteiger charge is 2.32. The van der Waals surface area contributed by atoms with Crippen LogP contribution in [0, 0.1) is 0 Å². The molecule has 0 amide bonds. The Balaban J connectivity index is 0.000000917. The maximum absolute atomic E-state index is 11.4. The summed E-state index contributed by atoms with van der Waals surface area (Å²) in [5, 5.41) is 19.7. The molecule has 2 unspecified atom stereocenters. The van der Waals surface area contributed by atoms with E-state index >= 15 is 0 Å². The van der Waals surface area contributed by atoms with Crippen molar-refractivity contribution < 1.29 is 9.90 Å². The first-order chi connectivity index (χ1) is 17.0. The van der Waals surface area contributed by atoms with E-state index in [0.717, 1.165) is 55.5 Å². The van der Waals surface area contributed by atoms with Crippen LogP contribution in [-0.4, -0.2) is 70.3 Å². The predicted molar refractivity (Wildman–Crippen MR) is 139 cm³/mol. The molecule has 35 heavy (non-hydrogen) atoms. The summed E-state index contributed by atoms with van der Waals surface area (Å²) < 4.78 is 0. The quantitative estimate of drug-likeness (QED) is 0.308. The zero-order chi connectivity index (χ0) is 24.8. The van der Waals surface area contributed by atoms with Crippen LogP contribution in [0.5, 0.6) is 0 Å². The molecule has 0 spiro atoms. The molecule has 0 saturated carbocycles. The van der Waals surface area contributed by atoms with Crippen molar-refractivity contribution in [3.8, 4) is 0 Å². The molecule has 10 nitrogen and oxygen atoms in total. The summed E-state index contributed by atoms with van der Waals surface area (Å²) >= 11 is 0. The van der Waals surface area contributed by atoms with Crippen molar-refractivity contribution >= 4 is 34.5 Å². The summed E-state index contributed by atoms with van der Waals surface area (Å²) in [6.45, 7) is 4.19. The van der Waals surface area contributed by atoms with Gasteiger partial charge in [-0.05, 0) is 58.0 Å². The number of nitrogens with zero attached hydrogens (tertiary/aromatic N) is 4. The Labute approximate surface area is 206 Å². The lowest BCUT2D eigenvalue weighted by Gasteiger charge is -2.34. The Morgan fingerprint density at radius 1 is 1.17 bits per heavy atom. The molecule has 188 valence electrons. The molecule has 10 heteroatoms. The maximum atomic E-state index is 11.4. The molecule has 5 N–H and O–H groups in total. The number of carbonyl (C=O) groups is 1. The molecule has 0 radical (unpaired) electrons. The molecular formula is C25H36N8O2. The topological polar surface area (TPSA) is 131 Å². The average molecular weight is 481 g/mol.